The van der Waals surface area contributed by atoms with Gasteiger partial charge in [-0.25, -0.2) is 15.0 Å². The maximum Gasteiger partial charge on any atom is 0.181 e. The number of hydrogen-bond acceptors (Lipinski definition) is 7. The second-order valence-corrected chi connectivity index (χ2v) is 6.61. The van der Waals surface area contributed by atoms with Gasteiger partial charge in [-0.15, -0.1) is 0 Å². The number of nitrogen functional groups attached to an aromatic ring is 1. The van der Waals surface area contributed by atoms with Crippen LogP contribution in [0.5, 0.6) is 5.75 Å². The molecule has 26 heavy (non-hydrogen) atoms. The summed E-state index contributed by atoms with van der Waals surface area (Å²) in [7, 11) is 1.66. The summed E-state index contributed by atoms with van der Waals surface area (Å²) >= 11 is 1.37. The monoisotopic (exact) mass is 364 g/mol. The number of nitrogens with zero attached hydrogens (tertiary/aromatic N) is 5. The summed E-state index contributed by atoms with van der Waals surface area (Å²) in [5.74, 6) is 1.44. The van der Waals surface area contributed by atoms with Crippen molar-refractivity contribution in [2.75, 3.05) is 12.8 Å². The van der Waals surface area contributed by atoms with Crippen LogP contribution in [-0.2, 0) is 6.54 Å². The second kappa shape index (κ2) is 6.93. The van der Waals surface area contributed by atoms with Crippen LogP contribution in [0.1, 0.15) is 5.56 Å². The second-order valence-electron chi connectivity index (χ2n) is 5.58. The lowest BCUT2D eigenvalue weighted by molar-refractivity contribution is 0.414. The number of hydrogen-bond donors (Lipinski definition) is 1. The molecule has 0 aliphatic heterocycles. The molecule has 0 spiro atoms. The summed E-state index contributed by atoms with van der Waals surface area (Å²) in [6, 6.07) is 9.69. The molecule has 0 amide bonds. The van der Waals surface area contributed by atoms with Crippen LogP contribution in [0.3, 0.4) is 0 Å². The zero-order chi connectivity index (χ0) is 17.9. The van der Waals surface area contributed by atoms with E-state index in [1.807, 2.05) is 35.1 Å². The minimum absolute atomic E-state index is 0.477. The molecule has 0 unspecified atom stereocenters. The molecule has 7 nitrogen and oxygen atoms in total. The Hall–Kier alpha value is -3.26. The fraction of sp³-hybridized carbons (Fsp3) is 0.111. The Morgan fingerprint density at radius 3 is 2.65 bits per heavy atom. The van der Waals surface area contributed by atoms with E-state index in [2.05, 4.69) is 20.1 Å². The van der Waals surface area contributed by atoms with Gasteiger partial charge in [-0.2, -0.15) is 5.10 Å². The number of aromatic nitrogens is 5. The third kappa shape index (κ3) is 3.27. The largest absolute Gasteiger partial charge is 0.497 e. The third-order valence-electron chi connectivity index (χ3n) is 3.82. The predicted octanol–water partition coefficient (Wildman–Crippen LogP) is 3.10. The topological polar surface area (TPSA) is 91.7 Å². The molecule has 4 rings (SSSR count). The Balaban J connectivity index is 1.62. The summed E-state index contributed by atoms with van der Waals surface area (Å²) in [6.45, 7) is 0.654. The van der Waals surface area contributed by atoms with Crippen molar-refractivity contribution in [2.45, 2.75) is 6.54 Å². The number of ether oxygens (including phenoxy) is 1. The zero-order valence-corrected chi connectivity index (χ0v) is 14.8. The summed E-state index contributed by atoms with van der Waals surface area (Å²) in [6.07, 6.45) is 7.14. The molecule has 0 bridgehead atoms. The Morgan fingerprint density at radius 1 is 1.15 bits per heavy atom. The number of thiazole rings is 1. The van der Waals surface area contributed by atoms with Gasteiger partial charge in [-0.3, -0.25) is 4.68 Å². The number of nitrogens with two attached hydrogens (primary N) is 1. The maximum atomic E-state index is 5.92. The molecule has 0 radical (unpaired) electrons. The van der Waals surface area contributed by atoms with Gasteiger partial charge in [-0.1, -0.05) is 23.5 Å². The van der Waals surface area contributed by atoms with Crippen LogP contribution < -0.4 is 10.5 Å². The van der Waals surface area contributed by atoms with Crippen molar-refractivity contribution in [3.63, 3.8) is 0 Å². The molecule has 0 fully saturated rings. The molecule has 130 valence electrons. The Morgan fingerprint density at radius 2 is 1.92 bits per heavy atom. The van der Waals surface area contributed by atoms with Crippen molar-refractivity contribution < 1.29 is 4.74 Å². The zero-order valence-electron chi connectivity index (χ0n) is 14.0. The molecule has 3 heterocycles. The van der Waals surface area contributed by atoms with Crippen LogP contribution in [-0.4, -0.2) is 31.8 Å². The summed E-state index contributed by atoms with van der Waals surface area (Å²) in [5.41, 5.74) is 8.69. The standard InChI is InChI=1S/C18H16N6OS/c1-25-14-5-3-12(4-6-14)10-24-11-13(9-22-24)15-16(26-18(19)23-15)17-20-7-2-8-21-17/h2-9,11H,10H2,1H3,(H2,19,23). The average molecular weight is 364 g/mol. The molecule has 0 atom stereocenters. The van der Waals surface area contributed by atoms with E-state index in [1.54, 1.807) is 31.8 Å². The van der Waals surface area contributed by atoms with E-state index in [4.69, 9.17) is 10.5 Å². The fourth-order valence-electron chi connectivity index (χ4n) is 2.59. The van der Waals surface area contributed by atoms with Gasteiger partial charge in [-0.05, 0) is 23.8 Å². The van der Waals surface area contributed by atoms with E-state index >= 15 is 0 Å². The highest BCUT2D eigenvalue weighted by Gasteiger charge is 2.17. The van der Waals surface area contributed by atoms with E-state index in [9.17, 15) is 0 Å². The molecule has 3 aromatic heterocycles. The summed E-state index contributed by atoms with van der Waals surface area (Å²) < 4.78 is 7.05. The van der Waals surface area contributed by atoms with Gasteiger partial charge in [0, 0.05) is 24.2 Å². The normalized spacial score (nSPS) is 10.8. The number of methoxy groups -OCH3 is 1. The number of benzene rings is 1. The van der Waals surface area contributed by atoms with Gasteiger partial charge in [0.2, 0.25) is 0 Å². The molecule has 0 aliphatic rings. The molecular weight excluding hydrogens is 348 g/mol. The first-order valence-electron chi connectivity index (χ1n) is 7.92. The van der Waals surface area contributed by atoms with E-state index in [0.717, 1.165) is 27.4 Å². The van der Waals surface area contributed by atoms with E-state index in [1.165, 1.54) is 11.3 Å². The van der Waals surface area contributed by atoms with Crippen LogP contribution in [0.15, 0.2) is 55.1 Å². The van der Waals surface area contributed by atoms with Crippen molar-refractivity contribution in [3.05, 3.63) is 60.7 Å². The molecular formula is C18H16N6OS. The Kier molecular flexibility index (Phi) is 4.32. The minimum atomic E-state index is 0.477. The Bertz CT molecular complexity index is 1010. The molecule has 1 aromatic carbocycles. The molecule has 0 aliphatic carbocycles. The molecule has 4 aromatic rings. The lowest BCUT2D eigenvalue weighted by Gasteiger charge is -2.03. The van der Waals surface area contributed by atoms with Gasteiger partial charge < -0.3 is 10.5 Å². The van der Waals surface area contributed by atoms with Crippen LogP contribution in [0.4, 0.5) is 5.13 Å². The SMILES string of the molecule is COc1ccc(Cn2cc(-c3nc(N)sc3-c3ncccn3)cn2)cc1. The summed E-state index contributed by atoms with van der Waals surface area (Å²) in [5, 5.41) is 4.92. The molecule has 2 N–H and O–H groups in total. The van der Waals surface area contributed by atoms with Gasteiger partial charge in [0.25, 0.3) is 0 Å². The van der Waals surface area contributed by atoms with E-state index < -0.39 is 0 Å². The van der Waals surface area contributed by atoms with Crippen molar-refractivity contribution in [2.24, 2.45) is 0 Å². The molecule has 8 heteroatoms. The van der Waals surface area contributed by atoms with Crippen LogP contribution in [0, 0.1) is 0 Å². The lowest BCUT2D eigenvalue weighted by atomic mass is 10.2. The van der Waals surface area contributed by atoms with Crippen molar-refractivity contribution >= 4 is 16.5 Å². The van der Waals surface area contributed by atoms with Crippen molar-refractivity contribution in [3.8, 4) is 27.7 Å². The van der Waals surface area contributed by atoms with Gasteiger partial charge in [0.15, 0.2) is 11.0 Å². The maximum absolute atomic E-state index is 5.92. The lowest BCUT2D eigenvalue weighted by Crippen LogP contribution is -1.99. The van der Waals surface area contributed by atoms with Crippen molar-refractivity contribution in [1.82, 2.24) is 24.7 Å². The summed E-state index contributed by atoms with van der Waals surface area (Å²) in [4.78, 5) is 13.9. The highest BCUT2D eigenvalue weighted by atomic mass is 32.1. The quantitative estimate of drug-likeness (QED) is 0.585. The Labute approximate surface area is 154 Å². The van der Waals surface area contributed by atoms with Crippen LogP contribution >= 0.6 is 11.3 Å². The smallest absolute Gasteiger partial charge is 0.181 e. The fourth-order valence-corrected chi connectivity index (χ4v) is 3.39. The van der Waals surface area contributed by atoms with Crippen LogP contribution in [0.25, 0.3) is 22.0 Å². The van der Waals surface area contributed by atoms with E-state index in [-0.39, 0.29) is 0 Å². The molecule has 0 saturated heterocycles. The average Bonchev–Trinajstić information content (AvgIpc) is 3.29. The number of anilines is 1. The first-order chi connectivity index (χ1) is 12.7. The van der Waals surface area contributed by atoms with Crippen LogP contribution in [0.2, 0.25) is 0 Å². The first kappa shape index (κ1) is 16.2. The van der Waals surface area contributed by atoms with Crippen molar-refractivity contribution in [1.29, 1.82) is 0 Å². The number of rotatable bonds is 5. The predicted molar refractivity (Wildman–Crippen MR) is 101 cm³/mol. The minimum Gasteiger partial charge on any atom is -0.497 e. The first-order valence-corrected chi connectivity index (χ1v) is 8.74. The van der Waals surface area contributed by atoms with Gasteiger partial charge in [0.1, 0.15) is 10.6 Å². The van der Waals surface area contributed by atoms with Gasteiger partial charge in [0.05, 0.1) is 25.5 Å². The van der Waals surface area contributed by atoms with Gasteiger partial charge >= 0.3 is 0 Å². The van der Waals surface area contributed by atoms with E-state index in [0.29, 0.717) is 17.5 Å². The highest BCUT2D eigenvalue weighted by molar-refractivity contribution is 7.19. The highest BCUT2D eigenvalue weighted by Crippen LogP contribution is 2.35. The molecule has 0 saturated carbocycles. The third-order valence-corrected chi connectivity index (χ3v) is 4.70.